The molecule has 4 N–H and O–H groups in total. The average Bonchev–Trinajstić information content (AvgIpc) is 3.12. The second kappa shape index (κ2) is 8.87. The summed E-state index contributed by atoms with van der Waals surface area (Å²) < 4.78 is 47.7. The van der Waals surface area contributed by atoms with Gasteiger partial charge in [-0.05, 0) is 56.3 Å². The predicted octanol–water partition coefficient (Wildman–Crippen LogP) is 4.94. The molecular formula is C21H22ClF3N6O. The number of hydrogen-bond donors (Lipinski definition) is 3. The van der Waals surface area contributed by atoms with Crippen molar-refractivity contribution in [2.24, 2.45) is 0 Å². The zero-order valence-corrected chi connectivity index (χ0v) is 18.0. The minimum absolute atomic E-state index is 0.0356. The van der Waals surface area contributed by atoms with Gasteiger partial charge in [-0.15, -0.1) is 5.10 Å². The van der Waals surface area contributed by atoms with E-state index in [9.17, 15) is 13.2 Å². The summed E-state index contributed by atoms with van der Waals surface area (Å²) in [4.78, 5) is 6.02. The van der Waals surface area contributed by atoms with Gasteiger partial charge in [-0.1, -0.05) is 23.7 Å². The number of anilines is 3. The minimum atomic E-state index is -4.63. The first kappa shape index (κ1) is 22.2. The number of nitrogen functional groups attached to an aromatic ring is 1. The fourth-order valence-electron chi connectivity index (χ4n) is 3.76. The smallest absolute Gasteiger partial charge is 0.417 e. The van der Waals surface area contributed by atoms with Crippen molar-refractivity contribution in [2.75, 3.05) is 31.2 Å². The Balaban J connectivity index is 1.61. The van der Waals surface area contributed by atoms with Crippen LogP contribution in [-0.2, 0) is 6.18 Å². The van der Waals surface area contributed by atoms with Gasteiger partial charge in [0.1, 0.15) is 11.9 Å². The molecule has 1 aromatic heterocycles. The molecule has 1 saturated heterocycles. The number of nitrogens with two attached hydrogens (primary N) is 1. The number of aromatic nitrogens is 3. The third-order valence-corrected chi connectivity index (χ3v) is 5.48. The Morgan fingerprint density at radius 3 is 2.62 bits per heavy atom. The van der Waals surface area contributed by atoms with Crippen molar-refractivity contribution in [2.45, 2.75) is 25.1 Å². The van der Waals surface area contributed by atoms with E-state index in [-0.39, 0.29) is 34.3 Å². The van der Waals surface area contributed by atoms with E-state index in [1.54, 1.807) is 24.3 Å². The van der Waals surface area contributed by atoms with Gasteiger partial charge in [0.05, 0.1) is 10.6 Å². The number of ether oxygens (including phenoxy) is 1. The predicted molar refractivity (Wildman–Crippen MR) is 117 cm³/mol. The van der Waals surface area contributed by atoms with E-state index in [0.717, 1.165) is 32.0 Å². The van der Waals surface area contributed by atoms with Crippen LogP contribution in [0.4, 0.5) is 30.8 Å². The zero-order chi connectivity index (χ0) is 22.9. The molecule has 1 aliphatic heterocycles. The molecule has 4 rings (SSSR count). The van der Waals surface area contributed by atoms with Gasteiger partial charge in [-0.2, -0.15) is 18.2 Å². The number of piperidine rings is 1. The Morgan fingerprint density at radius 2 is 2.00 bits per heavy atom. The van der Waals surface area contributed by atoms with Gasteiger partial charge in [0.15, 0.2) is 0 Å². The van der Waals surface area contributed by atoms with Crippen LogP contribution in [-0.4, -0.2) is 46.3 Å². The summed E-state index contributed by atoms with van der Waals surface area (Å²) in [5, 5.41) is 8.78. The van der Waals surface area contributed by atoms with Crippen molar-refractivity contribution in [3.05, 3.63) is 47.0 Å². The molecule has 32 heavy (non-hydrogen) atoms. The van der Waals surface area contributed by atoms with Crippen LogP contribution in [0.3, 0.4) is 0 Å². The first-order chi connectivity index (χ1) is 15.2. The highest BCUT2D eigenvalue weighted by atomic mass is 35.5. The number of likely N-dealkylation sites (tertiary alicyclic amines) is 1. The molecule has 7 nitrogen and oxygen atoms in total. The number of H-pyrrole nitrogens is 1. The highest BCUT2D eigenvalue weighted by Gasteiger charge is 2.35. The normalized spacial score (nSPS) is 17.3. The number of nitrogens with zero attached hydrogens (tertiary/aromatic N) is 3. The fourth-order valence-corrected chi connectivity index (χ4v) is 4.09. The highest BCUT2D eigenvalue weighted by Crippen LogP contribution is 2.43. The molecule has 0 saturated carbocycles. The Bertz CT molecular complexity index is 1090. The van der Waals surface area contributed by atoms with Crippen molar-refractivity contribution in [3.63, 3.8) is 0 Å². The number of halogens is 4. The van der Waals surface area contributed by atoms with Crippen molar-refractivity contribution in [1.82, 2.24) is 20.1 Å². The van der Waals surface area contributed by atoms with Crippen LogP contribution in [0.15, 0.2) is 36.4 Å². The van der Waals surface area contributed by atoms with Crippen LogP contribution in [0.2, 0.25) is 5.02 Å². The Hall–Kier alpha value is -2.98. The van der Waals surface area contributed by atoms with Gasteiger partial charge in [0.2, 0.25) is 11.9 Å². The standard InChI is InChI=1S/C21H22ClF3N6O/c1-31-8-2-3-15(11-31)32-14-6-4-12(5-7-14)18-16(21(23,24)25)9-13(10-17(18)22)27-20-28-19(26)29-30-20/h4-7,9-10,15H,2-3,8,11H2,1H3,(H4,26,27,28,29,30). The van der Waals surface area contributed by atoms with Gasteiger partial charge in [0.25, 0.3) is 0 Å². The fraction of sp³-hybridized carbons (Fsp3) is 0.333. The van der Waals surface area contributed by atoms with Crippen LogP contribution in [0.1, 0.15) is 18.4 Å². The second-order valence-corrected chi connectivity index (χ2v) is 8.12. The number of benzene rings is 2. The maximum atomic E-state index is 13.9. The summed E-state index contributed by atoms with van der Waals surface area (Å²) in [6.45, 7) is 1.85. The van der Waals surface area contributed by atoms with Gasteiger partial charge >= 0.3 is 6.18 Å². The third-order valence-electron chi connectivity index (χ3n) is 5.18. The quantitative estimate of drug-likeness (QED) is 0.493. The molecule has 170 valence electrons. The first-order valence-electron chi connectivity index (χ1n) is 10.0. The molecule has 2 aromatic carbocycles. The molecular weight excluding hydrogens is 445 g/mol. The summed E-state index contributed by atoms with van der Waals surface area (Å²) in [7, 11) is 2.04. The van der Waals surface area contributed by atoms with E-state index in [1.165, 1.54) is 6.07 Å². The zero-order valence-electron chi connectivity index (χ0n) is 17.2. The Kier molecular flexibility index (Phi) is 6.16. The van der Waals surface area contributed by atoms with Gasteiger partial charge in [-0.3, -0.25) is 0 Å². The van der Waals surface area contributed by atoms with E-state index in [1.807, 2.05) is 7.05 Å². The molecule has 0 aliphatic carbocycles. The van der Waals surface area contributed by atoms with Crippen molar-refractivity contribution >= 4 is 29.2 Å². The van der Waals surface area contributed by atoms with Gasteiger partial charge in [0, 0.05) is 17.8 Å². The third kappa shape index (κ3) is 5.08. The van der Waals surface area contributed by atoms with Gasteiger partial charge < -0.3 is 20.7 Å². The molecule has 0 spiro atoms. The minimum Gasteiger partial charge on any atom is -0.489 e. The lowest BCUT2D eigenvalue weighted by Crippen LogP contribution is -2.38. The maximum Gasteiger partial charge on any atom is 0.417 e. The van der Waals surface area contributed by atoms with E-state index in [2.05, 4.69) is 25.4 Å². The lowest BCUT2D eigenvalue weighted by Gasteiger charge is -2.30. The lowest BCUT2D eigenvalue weighted by molar-refractivity contribution is -0.137. The molecule has 0 amide bonds. The Morgan fingerprint density at radius 1 is 1.25 bits per heavy atom. The van der Waals surface area contributed by atoms with Crippen molar-refractivity contribution in [3.8, 4) is 16.9 Å². The summed E-state index contributed by atoms with van der Waals surface area (Å²) in [6, 6.07) is 8.87. The molecule has 11 heteroatoms. The number of likely N-dealkylation sites (N-methyl/N-ethyl adjacent to an activating group) is 1. The number of nitrogens with one attached hydrogen (secondary N) is 2. The molecule has 0 bridgehead atoms. The van der Waals surface area contributed by atoms with Crippen LogP contribution in [0.5, 0.6) is 5.75 Å². The molecule has 2 heterocycles. The number of aromatic amines is 1. The van der Waals surface area contributed by atoms with Crippen LogP contribution >= 0.6 is 11.6 Å². The molecule has 1 unspecified atom stereocenters. The maximum absolute atomic E-state index is 13.9. The van der Waals surface area contributed by atoms with E-state index >= 15 is 0 Å². The lowest BCUT2D eigenvalue weighted by atomic mass is 9.98. The molecule has 1 atom stereocenters. The highest BCUT2D eigenvalue weighted by molar-refractivity contribution is 6.34. The number of alkyl halides is 3. The summed E-state index contributed by atoms with van der Waals surface area (Å²) in [5.74, 6) is 0.682. The molecule has 1 aliphatic rings. The topological polar surface area (TPSA) is 92.1 Å². The summed E-state index contributed by atoms with van der Waals surface area (Å²) in [5.41, 5.74) is 4.89. The van der Waals surface area contributed by atoms with Crippen molar-refractivity contribution in [1.29, 1.82) is 0 Å². The largest absolute Gasteiger partial charge is 0.489 e. The Labute approximate surface area is 187 Å². The van der Waals surface area contributed by atoms with E-state index < -0.39 is 11.7 Å². The van der Waals surface area contributed by atoms with Crippen molar-refractivity contribution < 1.29 is 17.9 Å². The van der Waals surface area contributed by atoms with E-state index in [0.29, 0.717) is 11.3 Å². The SMILES string of the molecule is CN1CCCC(Oc2ccc(-c3c(Cl)cc(Nc4n[nH]c(N)n4)cc3C(F)(F)F)cc2)C1. The van der Waals surface area contributed by atoms with Crippen LogP contribution in [0.25, 0.3) is 11.1 Å². The average molecular weight is 467 g/mol. The molecule has 1 fully saturated rings. The second-order valence-electron chi connectivity index (χ2n) is 7.72. The molecule has 3 aromatic rings. The number of rotatable bonds is 5. The number of hydrogen-bond acceptors (Lipinski definition) is 6. The van der Waals surface area contributed by atoms with E-state index in [4.69, 9.17) is 22.1 Å². The van der Waals surface area contributed by atoms with Crippen LogP contribution in [0, 0.1) is 0 Å². The monoisotopic (exact) mass is 466 g/mol. The van der Waals surface area contributed by atoms with Crippen LogP contribution < -0.4 is 15.8 Å². The first-order valence-corrected chi connectivity index (χ1v) is 10.4. The summed E-state index contributed by atoms with van der Waals surface area (Å²) >= 11 is 6.31. The molecule has 0 radical (unpaired) electrons. The van der Waals surface area contributed by atoms with Gasteiger partial charge in [-0.25, -0.2) is 5.10 Å². The summed E-state index contributed by atoms with van der Waals surface area (Å²) in [6.07, 6.45) is -2.58.